The summed E-state index contributed by atoms with van der Waals surface area (Å²) in [6.07, 6.45) is 3.71. The molecule has 0 amide bonds. The third kappa shape index (κ3) is 4.07. The van der Waals surface area contributed by atoms with Crippen molar-refractivity contribution >= 4 is 19.9 Å². The normalized spacial score (nSPS) is 23.1. The van der Waals surface area contributed by atoms with Crippen LogP contribution >= 0.6 is 0 Å². The van der Waals surface area contributed by atoms with Crippen LogP contribution in [0.5, 0.6) is 0 Å². The van der Waals surface area contributed by atoms with Gasteiger partial charge in [-0.15, -0.1) is 0 Å². The van der Waals surface area contributed by atoms with Gasteiger partial charge in [-0.3, -0.25) is 0 Å². The van der Waals surface area contributed by atoms with Gasteiger partial charge in [-0.25, -0.2) is 21.6 Å². The Bertz CT molecular complexity index is 745. The van der Waals surface area contributed by atoms with Crippen molar-refractivity contribution < 1.29 is 25.6 Å². The molecule has 2 atom stereocenters. The average molecular weight is 367 g/mol. The monoisotopic (exact) mass is 367 g/mol. The fourth-order valence-corrected chi connectivity index (χ4v) is 4.77. The van der Waals surface area contributed by atoms with Crippen molar-refractivity contribution in [3.05, 3.63) is 24.3 Å². The summed E-state index contributed by atoms with van der Waals surface area (Å²) in [7, 11) is -8.53. The van der Waals surface area contributed by atoms with Crippen molar-refractivity contribution in [2.45, 2.75) is 54.2 Å². The lowest BCUT2D eigenvalue weighted by atomic mass is 9.87. The lowest BCUT2D eigenvalue weighted by Crippen LogP contribution is -2.40. The number of alkyl halides is 2. The van der Waals surface area contributed by atoms with Crippen LogP contribution in [0.1, 0.15) is 32.6 Å². The van der Waals surface area contributed by atoms with E-state index in [0.29, 0.717) is 0 Å². The zero-order valence-electron chi connectivity index (χ0n) is 12.6. The van der Waals surface area contributed by atoms with Crippen molar-refractivity contribution in [1.29, 1.82) is 0 Å². The molecule has 1 N–H and O–H groups in total. The molecule has 1 aliphatic carbocycles. The second kappa shape index (κ2) is 6.82. The van der Waals surface area contributed by atoms with E-state index in [1.807, 2.05) is 6.92 Å². The zero-order valence-corrected chi connectivity index (χ0v) is 14.2. The van der Waals surface area contributed by atoms with E-state index in [0.717, 1.165) is 49.9 Å². The number of hydrogen-bond donors (Lipinski definition) is 1. The van der Waals surface area contributed by atoms with Crippen LogP contribution in [0.2, 0.25) is 0 Å². The molecule has 0 aromatic heterocycles. The number of sulfone groups is 1. The Morgan fingerprint density at radius 1 is 1.00 bits per heavy atom. The predicted octanol–water partition coefficient (Wildman–Crippen LogP) is 2.54. The summed E-state index contributed by atoms with van der Waals surface area (Å²) < 4.78 is 74.9. The van der Waals surface area contributed by atoms with E-state index in [2.05, 4.69) is 4.72 Å². The molecule has 9 heteroatoms. The average Bonchev–Trinajstić information content (AvgIpc) is 2.49. The first-order chi connectivity index (χ1) is 10.6. The highest BCUT2D eigenvalue weighted by Crippen LogP contribution is 2.26. The fourth-order valence-electron chi connectivity index (χ4n) is 2.67. The van der Waals surface area contributed by atoms with Crippen LogP contribution in [-0.2, 0) is 19.9 Å². The van der Waals surface area contributed by atoms with E-state index in [1.165, 1.54) is 0 Å². The molecule has 1 aliphatic rings. The van der Waals surface area contributed by atoms with Crippen molar-refractivity contribution in [1.82, 2.24) is 4.72 Å². The van der Waals surface area contributed by atoms with Gasteiger partial charge in [-0.2, -0.15) is 8.78 Å². The molecule has 23 heavy (non-hydrogen) atoms. The number of rotatable bonds is 5. The topological polar surface area (TPSA) is 80.3 Å². The molecule has 1 aromatic carbocycles. The summed E-state index contributed by atoms with van der Waals surface area (Å²) in [6, 6.07) is 3.68. The Hall–Kier alpha value is -1.06. The van der Waals surface area contributed by atoms with Crippen molar-refractivity contribution in [3.8, 4) is 0 Å². The second-order valence-electron chi connectivity index (χ2n) is 5.77. The first-order valence-electron chi connectivity index (χ1n) is 7.29. The molecule has 1 saturated carbocycles. The largest absolute Gasteiger partial charge is 0.341 e. The smallest absolute Gasteiger partial charge is 0.218 e. The Labute approximate surface area is 135 Å². The fraction of sp³-hybridized carbons (Fsp3) is 0.571. The maximum Gasteiger partial charge on any atom is 0.341 e. The van der Waals surface area contributed by atoms with Crippen LogP contribution in [0.25, 0.3) is 0 Å². The Morgan fingerprint density at radius 2 is 1.52 bits per heavy atom. The number of halogens is 2. The number of sulfonamides is 1. The lowest BCUT2D eigenvalue weighted by Gasteiger charge is -2.29. The van der Waals surface area contributed by atoms with Crippen LogP contribution in [0.4, 0.5) is 8.78 Å². The Kier molecular flexibility index (Phi) is 5.42. The zero-order chi connectivity index (χ0) is 17.3. The van der Waals surface area contributed by atoms with Crippen LogP contribution in [0, 0.1) is 5.92 Å². The summed E-state index contributed by atoms with van der Waals surface area (Å²) in [5, 5.41) is 0. The first kappa shape index (κ1) is 18.3. The molecule has 0 radical (unpaired) electrons. The van der Waals surface area contributed by atoms with E-state index < -0.39 is 30.5 Å². The molecule has 0 aliphatic heterocycles. The predicted molar refractivity (Wildman–Crippen MR) is 81.4 cm³/mol. The van der Waals surface area contributed by atoms with Gasteiger partial charge in [-0.05, 0) is 43.0 Å². The highest BCUT2D eigenvalue weighted by molar-refractivity contribution is 7.91. The number of nitrogens with one attached hydrogen (secondary N) is 1. The summed E-state index contributed by atoms with van der Waals surface area (Å²) in [4.78, 5) is -0.735. The van der Waals surface area contributed by atoms with E-state index in [9.17, 15) is 25.6 Å². The van der Waals surface area contributed by atoms with Gasteiger partial charge in [0.15, 0.2) is 0 Å². The molecule has 1 fully saturated rings. The summed E-state index contributed by atoms with van der Waals surface area (Å²) in [6.45, 7) is 1.98. The minimum Gasteiger partial charge on any atom is -0.218 e. The third-order valence-electron chi connectivity index (χ3n) is 4.12. The SMILES string of the molecule is C[C@@H]1CCCC[C@@H]1NS(=O)(=O)c1ccc(S(=O)(=O)C(F)F)cc1. The first-order valence-corrected chi connectivity index (χ1v) is 10.3. The summed E-state index contributed by atoms with van der Waals surface area (Å²) in [5.74, 6) is -3.32. The van der Waals surface area contributed by atoms with Gasteiger partial charge >= 0.3 is 5.76 Å². The molecule has 0 unspecified atom stereocenters. The molecule has 2 rings (SSSR count). The second-order valence-corrected chi connectivity index (χ2v) is 9.40. The molecule has 0 saturated heterocycles. The molecule has 0 spiro atoms. The molecule has 0 heterocycles. The quantitative estimate of drug-likeness (QED) is 0.867. The number of benzene rings is 1. The molecule has 0 bridgehead atoms. The van der Waals surface area contributed by atoms with Gasteiger partial charge < -0.3 is 0 Å². The standard InChI is InChI=1S/C14H19F2NO4S2/c1-10-4-2-3-5-13(10)17-23(20,21)12-8-6-11(7-9-12)22(18,19)14(15)16/h6-10,13-14,17H,2-5H2,1H3/t10-,13+/m1/s1. The maximum atomic E-state index is 12.5. The minimum absolute atomic E-state index is 0.136. The molecule has 130 valence electrons. The lowest BCUT2D eigenvalue weighted by molar-refractivity contribution is 0.234. The van der Waals surface area contributed by atoms with Crippen LogP contribution < -0.4 is 4.72 Å². The highest BCUT2D eigenvalue weighted by Gasteiger charge is 2.29. The van der Waals surface area contributed by atoms with Gasteiger partial charge in [0.1, 0.15) is 0 Å². The van der Waals surface area contributed by atoms with Gasteiger partial charge in [-0.1, -0.05) is 19.8 Å². The highest BCUT2D eigenvalue weighted by atomic mass is 32.2. The van der Waals surface area contributed by atoms with E-state index >= 15 is 0 Å². The van der Waals surface area contributed by atoms with E-state index in [-0.39, 0.29) is 16.9 Å². The summed E-state index contributed by atoms with van der Waals surface area (Å²) in [5.41, 5.74) is 0. The van der Waals surface area contributed by atoms with Crippen LogP contribution in [-0.4, -0.2) is 28.6 Å². The van der Waals surface area contributed by atoms with Crippen LogP contribution in [0.15, 0.2) is 34.1 Å². The minimum atomic E-state index is -4.72. The van der Waals surface area contributed by atoms with E-state index in [1.54, 1.807) is 0 Å². The Balaban J connectivity index is 2.21. The van der Waals surface area contributed by atoms with Gasteiger partial charge in [0.25, 0.3) is 0 Å². The van der Waals surface area contributed by atoms with Gasteiger partial charge in [0.2, 0.25) is 19.9 Å². The maximum absolute atomic E-state index is 12.5. The molecular formula is C14H19F2NO4S2. The third-order valence-corrected chi connectivity index (χ3v) is 7.02. The Morgan fingerprint density at radius 3 is 2.04 bits per heavy atom. The molecule has 1 aromatic rings. The van der Waals surface area contributed by atoms with Crippen molar-refractivity contribution in [3.63, 3.8) is 0 Å². The van der Waals surface area contributed by atoms with Crippen LogP contribution in [0.3, 0.4) is 0 Å². The van der Waals surface area contributed by atoms with Crippen molar-refractivity contribution in [2.75, 3.05) is 0 Å². The van der Waals surface area contributed by atoms with Gasteiger partial charge in [0.05, 0.1) is 9.79 Å². The van der Waals surface area contributed by atoms with Gasteiger partial charge in [0, 0.05) is 6.04 Å². The molecular weight excluding hydrogens is 348 g/mol. The number of hydrogen-bond acceptors (Lipinski definition) is 4. The van der Waals surface area contributed by atoms with E-state index in [4.69, 9.17) is 0 Å². The summed E-state index contributed by atoms with van der Waals surface area (Å²) >= 11 is 0. The molecule has 5 nitrogen and oxygen atoms in total. The van der Waals surface area contributed by atoms with Crippen molar-refractivity contribution in [2.24, 2.45) is 5.92 Å².